The minimum atomic E-state index is -0.357. The largest absolute Gasteiger partial charge is 0.338 e. The van der Waals surface area contributed by atoms with Crippen LogP contribution in [0.3, 0.4) is 0 Å². The number of carbonyl (C=O) groups is 1. The van der Waals surface area contributed by atoms with Crippen molar-refractivity contribution in [2.45, 2.75) is 6.54 Å². The molecule has 7 heteroatoms. The van der Waals surface area contributed by atoms with E-state index < -0.39 is 0 Å². The van der Waals surface area contributed by atoms with Gasteiger partial charge in [-0.15, -0.1) is 0 Å². The Morgan fingerprint density at radius 1 is 0.852 bits per heavy atom. The van der Waals surface area contributed by atoms with Gasteiger partial charge in [0.1, 0.15) is 5.52 Å². The van der Waals surface area contributed by atoms with Crippen LogP contribution in [0.2, 0.25) is 5.02 Å². The van der Waals surface area contributed by atoms with E-state index in [1.807, 2.05) is 12.1 Å². The smallest absolute Gasteiger partial charge is 0.287 e. The Hall–Kier alpha value is -3.38. The first-order valence-electron chi connectivity index (χ1n) is 8.22. The highest BCUT2D eigenvalue weighted by atomic mass is 35.5. The average Bonchev–Trinajstić information content (AvgIpc) is 3.10. The van der Waals surface area contributed by atoms with Crippen molar-refractivity contribution in [3.63, 3.8) is 0 Å². The molecule has 0 aliphatic rings. The Balaban J connectivity index is 1.61. The third-order valence-corrected chi connectivity index (χ3v) is 4.64. The van der Waals surface area contributed by atoms with Crippen molar-refractivity contribution >= 4 is 28.3 Å². The van der Waals surface area contributed by atoms with Crippen LogP contribution < -0.4 is 11.1 Å². The van der Waals surface area contributed by atoms with E-state index in [4.69, 9.17) is 11.6 Å². The number of aromatic nitrogens is 3. The summed E-state index contributed by atoms with van der Waals surface area (Å²) in [6.45, 7) is 0.408. The highest BCUT2D eigenvalue weighted by Gasteiger charge is 2.11. The number of benzene rings is 2. The van der Waals surface area contributed by atoms with Gasteiger partial charge in [0.25, 0.3) is 11.1 Å². The van der Waals surface area contributed by atoms with Gasteiger partial charge in [-0.3, -0.25) is 24.6 Å². The SMILES string of the molecule is O=C(c1ccc(Cl)cc1)c1ccc(Cn2ccc3c(=O)[nH][nH]c(=O)c32)cc1. The van der Waals surface area contributed by atoms with Gasteiger partial charge in [0.05, 0.1) is 5.39 Å². The van der Waals surface area contributed by atoms with Crippen molar-refractivity contribution < 1.29 is 4.79 Å². The Morgan fingerprint density at radius 3 is 2.11 bits per heavy atom. The molecule has 0 fully saturated rings. The fourth-order valence-electron chi connectivity index (χ4n) is 3.01. The zero-order valence-electron chi connectivity index (χ0n) is 14.0. The molecular formula is C20H14ClN3O3. The minimum Gasteiger partial charge on any atom is -0.338 e. The molecule has 0 saturated heterocycles. The zero-order valence-corrected chi connectivity index (χ0v) is 14.8. The molecule has 0 spiro atoms. The first-order chi connectivity index (χ1) is 13.0. The first kappa shape index (κ1) is 17.1. The lowest BCUT2D eigenvalue weighted by Gasteiger charge is -2.07. The average molecular weight is 380 g/mol. The molecule has 0 aliphatic carbocycles. The van der Waals surface area contributed by atoms with Crippen molar-refractivity contribution in [1.29, 1.82) is 0 Å². The van der Waals surface area contributed by atoms with Gasteiger partial charge in [-0.2, -0.15) is 0 Å². The van der Waals surface area contributed by atoms with Gasteiger partial charge in [0.15, 0.2) is 5.78 Å². The molecule has 2 N–H and O–H groups in total. The van der Waals surface area contributed by atoms with E-state index in [1.54, 1.807) is 53.2 Å². The second-order valence-electron chi connectivity index (χ2n) is 6.15. The Bertz CT molecular complexity index is 1250. The molecule has 134 valence electrons. The second kappa shape index (κ2) is 6.74. The normalized spacial score (nSPS) is 11.0. The first-order valence-corrected chi connectivity index (χ1v) is 8.60. The number of aromatic amines is 2. The third kappa shape index (κ3) is 3.22. The number of halogens is 1. The standard InChI is InChI=1S/C20H14ClN3O3/c21-15-7-5-14(6-8-15)18(25)13-3-1-12(2-4-13)11-24-10-9-16-17(24)20(27)23-22-19(16)26/h1-10H,11H2,(H,22,26)(H,23,27). The summed E-state index contributed by atoms with van der Waals surface area (Å²) in [7, 11) is 0. The monoisotopic (exact) mass is 379 g/mol. The van der Waals surface area contributed by atoms with E-state index >= 15 is 0 Å². The molecule has 0 aliphatic heterocycles. The lowest BCUT2D eigenvalue weighted by atomic mass is 10.0. The number of rotatable bonds is 4. The van der Waals surface area contributed by atoms with Crippen LogP contribution in [0.15, 0.2) is 70.4 Å². The molecule has 4 rings (SSSR count). The van der Waals surface area contributed by atoms with Gasteiger partial charge in [-0.25, -0.2) is 0 Å². The van der Waals surface area contributed by atoms with Crippen molar-refractivity contribution in [2.24, 2.45) is 0 Å². The summed E-state index contributed by atoms with van der Waals surface area (Å²) >= 11 is 5.85. The number of fused-ring (bicyclic) bond motifs is 1. The van der Waals surface area contributed by atoms with Crippen LogP contribution in [0.5, 0.6) is 0 Å². The molecule has 2 aromatic heterocycles. The number of H-pyrrole nitrogens is 2. The molecule has 0 radical (unpaired) electrons. The van der Waals surface area contributed by atoms with E-state index in [2.05, 4.69) is 10.2 Å². The maximum absolute atomic E-state index is 12.5. The van der Waals surface area contributed by atoms with Crippen LogP contribution in [0, 0.1) is 0 Å². The quantitative estimate of drug-likeness (QED) is 0.534. The maximum Gasteiger partial charge on any atom is 0.287 e. The van der Waals surface area contributed by atoms with Gasteiger partial charge in [-0.1, -0.05) is 35.9 Å². The number of nitrogens with one attached hydrogen (secondary N) is 2. The predicted molar refractivity (Wildman–Crippen MR) is 104 cm³/mol. The van der Waals surface area contributed by atoms with Crippen LogP contribution in [0.25, 0.3) is 10.9 Å². The molecule has 6 nitrogen and oxygen atoms in total. The highest BCUT2D eigenvalue weighted by molar-refractivity contribution is 6.30. The van der Waals surface area contributed by atoms with E-state index in [1.165, 1.54) is 0 Å². The van der Waals surface area contributed by atoms with Crippen molar-refractivity contribution in [3.05, 3.63) is 103 Å². The summed E-state index contributed by atoms with van der Waals surface area (Å²) in [5.41, 5.74) is 1.65. The summed E-state index contributed by atoms with van der Waals surface area (Å²) in [4.78, 5) is 36.3. The molecule has 2 heterocycles. The molecule has 27 heavy (non-hydrogen) atoms. The molecule has 0 bridgehead atoms. The van der Waals surface area contributed by atoms with E-state index in [-0.39, 0.29) is 16.9 Å². The van der Waals surface area contributed by atoms with Crippen LogP contribution in [0.4, 0.5) is 0 Å². The number of hydrogen-bond acceptors (Lipinski definition) is 3. The Labute approximate surface area is 158 Å². The van der Waals surface area contributed by atoms with Crippen LogP contribution in [0.1, 0.15) is 21.5 Å². The van der Waals surface area contributed by atoms with Gasteiger partial charge < -0.3 is 4.57 Å². The Kier molecular flexibility index (Phi) is 4.25. The molecule has 4 aromatic rings. The number of carbonyl (C=O) groups excluding carboxylic acids is 1. The van der Waals surface area contributed by atoms with Gasteiger partial charge >= 0.3 is 0 Å². The van der Waals surface area contributed by atoms with E-state index in [0.29, 0.717) is 33.6 Å². The predicted octanol–water partition coefficient (Wildman–Crippen LogP) is 2.95. The number of hydrogen-bond donors (Lipinski definition) is 2. The fourth-order valence-corrected chi connectivity index (χ4v) is 3.13. The van der Waals surface area contributed by atoms with Gasteiger partial charge in [0.2, 0.25) is 0 Å². The van der Waals surface area contributed by atoms with Crippen molar-refractivity contribution in [1.82, 2.24) is 14.8 Å². The number of nitrogens with zero attached hydrogens (tertiary/aromatic N) is 1. The molecule has 0 unspecified atom stereocenters. The van der Waals surface area contributed by atoms with E-state index in [9.17, 15) is 14.4 Å². The van der Waals surface area contributed by atoms with Gasteiger partial charge in [0, 0.05) is 28.9 Å². The summed E-state index contributed by atoms with van der Waals surface area (Å²) in [6, 6.07) is 15.5. The second-order valence-corrected chi connectivity index (χ2v) is 6.58. The number of ketones is 1. The highest BCUT2D eigenvalue weighted by Crippen LogP contribution is 2.16. The lowest BCUT2D eigenvalue weighted by Crippen LogP contribution is -2.20. The summed E-state index contributed by atoms with van der Waals surface area (Å²) in [5.74, 6) is -0.0902. The van der Waals surface area contributed by atoms with Crippen LogP contribution >= 0.6 is 11.6 Å². The molecule has 2 aromatic carbocycles. The zero-order chi connectivity index (χ0) is 19.0. The molecule has 0 atom stereocenters. The topological polar surface area (TPSA) is 87.7 Å². The molecular weight excluding hydrogens is 366 g/mol. The van der Waals surface area contributed by atoms with Gasteiger partial charge in [-0.05, 0) is 35.9 Å². The summed E-state index contributed by atoms with van der Waals surface area (Å²) in [5, 5.41) is 5.56. The van der Waals surface area contributed by atoms with Crippen molar-refractivity contribution in [3.8, 4) is 0 Å². The fraction of sp³-hybridized carbons (Fsp3) is 0.0500. The lowest BCUT2D eigenvalue weighted by molar-refractivity contribution is 0.103. The van der Waals surface area contributed by atoms with Crippen LogP contribution in [-0.2, 0) is 6.54 Å². The van der Waals surface area contributed by atoms with Crippen LogP contribution in [-0.4, -0.2) is 20.5 Å². The molecule has 0 amide bonds. The summed E-state index contributed by atoms with van der Waals surface area (Å²) < 4.78 is 1.71. The molecule has 0 saturated carbocycles. The Morgan fingerprint density at radius 2 is 1.44 bits per heavy atom. The summed E-state index contributed by atoms with van der Waals surface area (Å²) in [6.07, 6.45) is 1.70. The van der Waals surface area contributed by atoms with Crippen molar-refractivity contribution in [2.75, 3.05) is 0 Å². The van der Waals surface area contributed by atoms with E-state index in [0.717, 1.165) is 5.56 Å². The third-order valence-electron chi connectivity index (χ3n) is 4.39. The maximum atomic E-state index is 12.5. The minimum absolute atomic E-state index is 0.0902.